The zero-order valence-electron chi connectivity index (χ0n) is 11.8. The molecule has 0 aliphatic rings. The van der Waals surface area contributed by atoms with Crippen LogP contribution in [0.15, 0.2) is 35.2 Å². The Morgan fingerprint density at radius 1 is 1.21 bits per heavy atom. The number of benzene rings is 1. The molecule has 19 heavy (non-hydrogen) atoms. The molecule has 0 aromatic heterocycles. The Morgan fingerprint density at radius 2 is 1.95 bits per heavy atom. The van der Waals surface area contributed by atoms with Crippen LogP contribution in [0.25, 0.3) is 0 Å². The maximum Gasteiger partial charge on any atom is 0.0897 e. The number of ether oxygens (including phenoxy) is 1. The molecule has 0 saturated heterocycles. The maximum absolute atomic E-state index is 9.68. The van der Waals surface area contributed by atoms with Gasteiger partial charge in [-0.2, -0.15) is 0 Å². The molecule has 0 heterocycles. The van der Waals surface area contributed by atoms with E-state index in [1.54, 1.807) is 0 Å². The van der Waals surface area contributed by atoms with Crippen molar-refractivity contribution in [1.82, 2.24) is 5.32 Å². The summed E-state index contributed by atoms with van der Waals surface area (Å²) in [4.78, 5) is 1.28. The molecule has 1 aromatic rings. The summed E-state index contributed by atoms with van der Waals surface area (Å²) in [5.74, 6) is 1.52. The molecule has 1 aromatic carbocycles. The summed E-state index contributed by atoms with van der Waals surface area (Å²) in [7, 11) is 0. The zero-order chi connectivity index (χ0) is 13.9. The quantitative estimate of drug-likeness (QED) is 0.511. The molecule has 0 aliphatic heterocycles. The SMILES string of the molecule is CC(C)COCC(O)CNCCSc1ccccc1. The summed E-state index contributed by atoms with van der Waals surface area (Å²) in [6.07, 6.45) is -0.416. The summed E-state index contributed by atoms with van der Waals surface area (Å²) in [5, 5.41) is 12.9. The number of hydrogen-bond acceptors (Lipinski definition) is 4. The summed E-state index contributed by atoms with van der Waals surface area (Å²) >= 11 is 1.82. The number of aliphatic hydroxyl groups excluding tert-OH is 1. The topological polar surface area (TPSA) is 41.5 Å². The number of thioether (sulfide) groups is 1. The summed E-state index contributed by atoms with van der Waals surface area (Å²) in [6, 6.07) is 10.3. The number of nitrogens with one attached hydrogen (secondary N) is 1. The Labute approximate surface area is 120 Å². The van der Waals surface area contributed by atoms with Gasteiger partial charge in [0, 0.05) is 30.3 Å². The van der Waals surface area contributed by atoms with Gasteiger partial charge in [-0.3, -0.25) is 0 Å². The second kappa shape index (κ2) is 10.3. The van der Waals surface area contributed by atoms with Crippen LogP contribution in [-0.2, 0) is 4.74 Å². The predicted octanol–water partition coefficient (Wildman–Crippen LogP) is 2.40. The van der Waals surface area contributed by atoms with Crippen molar-refractivity contribution in [3.63, 3.8) is 0 Å². The third-order valence-corrected chi connectivity index (χ3v) is 3.45. The molecule has 1 rings (SSSR count). The Bertz CT molecular complexity index is 319. The minimum atomic E-state index is -0.416. The van der Waals surface area contributed by atoms with Crippen LogP contribution in [-0.4, -0.2) is 43.3 Å². The molecule has 0 radical (unpaired) electrons. The van der Waals surface area contributed by atoms with Gasteiger partial charge in [-0.1, -0.05) is 32.0 Å². The Hall–Kier alpha value is -0.550. The lowest BCUT2D eigenvalue weighted by Crippen LogP contribution is -2.32. The van der Waals surface area contributed by atoms with Gasteiger partial charge in [0.05, 0.1) is 12.7 Å². The molecule has 1 atom stereocenters. The standard InChI is InChI=1S/C15H25NO2S/c1-13(2)11-18-12-14(17)10-16-8-9-19-15-6-4-3-5-7-15/h3-7,13-14,16-17H,8-12H2,1-2H3. The molecule has 1 unspecified atom stereocenters. The van der Waals surface area contributed by atoms with E-state index in [0.29, 0.717) is 25.7 Å². The fourth-order valence-corrected chi connectivity index (χ4v) is 2.36. The fourth-order valence-electron chi connectivity index (χ4n) is 1.53. The van der Waals surface area contributed by atoms with Gasteiger partial charge in [-0.05, 0) is 18.1 Å². The van der Waals surface area contributed by atoms with Crippen LogP contribution in [0, 0.1) is 5.92 Å². The smallest absolute Gasteiger partial charge is 0.0897 e. The maximum atomic E-state index is 9.68. The normalized spacial score (nSPS) is 12.8. The molecular formula is C15H25NO2S. The van der Waals surface area contributed by atoms with E-state index in [4.69, 9.17) is 4.74 Å². The largest absolute Gasteiger partial charge is 0.389 e. The summed E-state index contributed by atoms with van der Waals surface area (Å²) in [5.41, 5.74) is 0. The third-order valence-electron chi connectivity index (χ3n) is 2.43. The molecular weight excluding hydrogens is 258 g/mol. The molecule has 4 heteroatoms. The van der Waals surface area contributed by atoms with Gasteiger partial charge in [0.2, 0.25) is 0 Å². The van der Waals surface area contributed by atoms with Gasteiger partial charge in [0.1, 0.15) is 0 Å². The Morgan fingerprint density at radius 3 is 2.63 bits per heavy atom. The first-order valence-corrected chi connectivity index (χ1v) is 7.81. The van der Waals surface area contributed by atoms with E-state index in [1.165, 1.54) is 4.90 Å². The van der Waals surface area contributed by atoms with Crippen molar-refractivity contribution in [2.75, 3.05) is 32.1 Å². The molecule has 3 nitrogen and oxygen atoms in total. The van der Waals surface area contributed by atoms with E-state index in [0.717, 1.165) is 12.3 Å². The fraction of sp³-hybridized carbons (Fsp3) is 0.600. The van der Waals surface area contributed by atoms with Gasteiger partial charge >= 0.3 is 0 Å². The van der Waals surface area contributed by atoms with Crippen LogP contribution in [0.3, 0.4) is 0 Å². The lowest BCUT2D eigenvalue weighted by atomic mass is 10.2. The summed E-state index contributed by atoms with van der Waals surface area (Å²) in [6.45, 7) is 6.81. The molecule has 108 valence electrons. The van der Waals surface area contributed by atoms with Crippen molar-refractivity contribution in [3.8, 4) is 0 Å². The lowest BCUT2D eigenvalue weighted by molar-refractivity contribution is 0.0264. The van der Waals surface area contributed by atoms with Crippen LogP contribution >= 0.6 is 11.8 Å². The van der Waals surface area contributed by atoms with Crippen LogP contribution in [0.4, 0.5) is 0 Å². The zero-order valence-corrected chi connectivity index (χ0v) is 12.7. The van der Waals surface area contributed by atoms with Crippen molar-refractivity contribution >= 4 is 11.8 Å². The minimum absolute atomic E-state index is 0.414. The Kier molecular flexibility index (Phi) is 8.91. The van der Waals surface area contributed by atoms with E-state index in [9.17, 15) is 5.11 Å². The molecule has 0 fully saturated rings. The van der Waals surface area contributed by atoms with E-state index in [-0.39, 0.29) is 0 Å². The van der Waals surface area contributed by atoms with Crippen molar-refractivity contribution in [2.24, 2.45) is 5.92 Å². The average Bonchev–Trinajstić information content (AvgIpc) is 2.39. The Balaban J connectivity index is 1.95. The number of hydrogen-bond donors (Lipinski definition) is 2. The second-order valence-electron chi connectivity index (χ2n) is 4.95. The second-order valence-corrected chi connectivity index (χ2v) is 6.12. The van der Waals surface area contributed by atoms with Crippen molar-refractivity contribution in [1.29, 1.82) is 0 Å². The summed E-state index contributed by atoms with van der Waals surface area (Å²) < 4.78 is 5.39. The van der Waals surface area contributed by atoms with Crippen molar-refractivity contribution in [3.05, 3.63) is 30.3 Å². The monoisotopic (exact) mass is 283 g/mol. The molecule has 0 spiro atoms. The van der Waals surface area contributed by atoms with E-state index in [1.807, 2.05) is 30.0 Å². The average molecular weight is 283 g/mol. The van der Waals surface area contributed by atoms with E-state index < -0.39 is 6.10 Å². The lowest BCUT2D eigenvalue weighted by Gasteiger charge is -2.13. The van der Waals surface area contributed by atoms with Crippen molar-refractivity contribution in [2.45, 2.75) is 24.8 Å². The predicted molar refractivity (Wildman–Crippen MR) is 81.7 cm³/mol. The van der Waals surface area contributed by atoms with Crippen LogP contribution < -0.4 is 5.32 Å². The highest BCUT2D eigenvalue weighted by atomic mass is 32.2. The third kappa shape index (κ3) is 9.05. The molecule has 2 N–H and O–H groups in total. The highest BCUT2D eigenvalue weighted by Gasteiger charge is 2.04. The number of rotatable bonds is 10. The van der Waals surface area contributed by atoms with Gasteiger partial charge in [0.15, 0.2) is 0 Å². The van der Waals surface area contributed by atoms with Gasteiger partial charge < -0.3 is 15.2 Å². The molecule has 0 aliphatic carbocycles. The van der Waals surface area contributed by atoms with Gasteiger partial charge in [-0.15, -0.1) is 11.8 Å². The minimum Gasteiger partial charge on any atom is -0.389 e. The van der Waals surface area contributed by atoms with Crippen LogP contribution in [0.1, 0.15) is 13.8 Å². The molecule has 0 amide bonds. The van der Waals surface area contributed by atoms with Gasteiger partial charge in [0.25, 0.3) is 0 Å². The van der Waals surface area contributed by atoms with Gasteiger partial charge in [-0.25, -0.2) is 0 Å². The van der Waals surface area contributed by atoms with Crippen LogP contribution in [0.5, 0.6) is 0 Å². The molecule has 0 bridgehead atoms. The van der Waals surface area contributed by atoms with E-state index in [2.05, 4.69) is 31.3 Å². The van der Waals surface area contributed by atoms with E-state index >= 15 is 0 Å². The number of aliphatic hydroxyl groups is 1. The highest BCUT2D eigenvalue weighted by molar-refractivity contribution is 7.99. The van der Waals surface area contributed by atoms with Crippen LogP contribution in [0.2, 0.25) is 0 Å². The molecule has 0 saturated carbocycles. The first-order chi connectivity index (χ1) is 9.18. The first kappa shape index (κ1) is 16.5. The van der Waals surface area contributed by atoms with Crippen molar-refractivity contribution < 1.29 is 9.84 Å². The highest BCUT2D eigenvalue weighted by Crippen LogP contribution is 2.15. The first-order valence-electron chi connectivity index (χ1n) is 6.83.